The molecular weight excluding hydrogens is 328 g/mol. The third-order valence-electron chi connectivity index (χ3n) is 5.17. The predicted octanol–water partition coefficient (Wildman–Crippen LogP) is 1.31. The van der Waals surface area contributed by atoms with Crippen LogP contribution < -0.4 is 5.32 Å². The molecule has 0 amide bonds. The van der Waals surface area contributed by atoms with Gasteiger partial charge in [0.25, 0.3) is 0 Å². The highest BCUT2D eigenvalue weighted by Crippen LogP contribution is 2.39. The van der Waals surface area contributed by atoms with Crippen molar-refractivity contribution in [3.63, 3.8) is 0 Å². The van der Waals surface area contributed by atoms with Gasteiger partial charge in [0, 0.05) is 19.5 Å². The molecule has 0 radical (unpaired) electrons. The Kier molecular flexibility index (Phi) is 4.01. The van der Waals surface area contributed by atoms with Crippen LogP contribution >= 0.6 is 0 Å². The summed E-state index contributed by atoms with van der Waals surface area (Å²) >= 11 is 0. The molecule has 3 heterocycles. The molecule has 3 fully saturated rings. The van der Waals surface area contributed by atoms with Crippen LogP contribution in [0.15, 0.2) is 12.1 Å². The van der Waals surface area contributed by atoms with Gasteiger partial charge < -0.3 is 10.1 Å². The molecule has 4 rings (SSSR count). The van der Waals surface area contributed by atoms with Crippen LogP contribution in [0.1, 0.15) is 37.8 Å². The van der Waals surface area contributed by atoms with Gasteiger partial charge in [0.05, 0.1) is 29.2 Å². The van der Waals surface area contributed by atoms with Crippen molar-refractivity contribution in [1.82, 2.24) is 14.5 Å². The highest BCUT2D eigenvalue weighted by atomic mass is 32.2. The maximum atomic E-state index is 12.5. The van der Waals surface area contributed by atoms with Crippen LogP contribution in [0.25, 0.3) is 0 Å². The molecule has 1 aromatic rings. The molecule has 1 saturated carbocycles. The molecule has 1 aromatic heterocycles. The number of nitrogens with one attached hydrogen (secondary N) is 1. The summed E-state index contributed by atoms with van der Waals surface area (Å²) < 4.78 is 32.8. The molecule has 132 valence electrons. The number of rotatable bonds is 4. The van der Waals surface area contributed by atoms with E-state index in [1.165, 1.54) is 0 Å². The minimum absolute atomic E-state index is 0.144. The zero-order valence-electron chi connectivity index (χ0n) is 13.9. The van der Waals surface area contributed by atoms with Crippen molar-refractivity contribution in [3.05, 3.63) is 17.8 Å². The van der Waals surface area contributed by atoms with E-state index in [1.54, 1.807) is 4.31 Å². The number of aromatic nitrogens is 2. The third kappa shape index (κ3) is 3.14. The van der Waals surface area contributed by atoms with Crippen molar-refractivity contribution < 1.29 is 13.2 Å². The van der Waals surface area contributed by atoms with Gasteiger partial charge in [0.2, 0.25) is 10.0 Å². The zero-order chi connectivity index (χ0) is 16.8. The second-order valence-electron chi connectivity index (χ2n) is 7.28. The lowest BCUT2D eigenvalue weighted by Crippen LogP contribution is -2.51. The number of sulfonamides is 1. The molecule has 0 bridgehead atoms. The van der Waals surface area contributed by atoms with Gasteiger partial charge in [-0.15, -0.1) is 5.10 Å². The molecule has 1 N–H and O–H groups in total. The smallest absolute Gasteiger partial charge is 0.217 e. The Bertz CT molecular complexity index is 705. The van der Waals surface area contributed by atoms with Gasteiger partial charge in [-0.25, -0.2) is 8.42 Å². The van der Waals surface area contributed by atoms with Gasteiger partial charge in [0.15, 0.2) is 0 Å². The predicted molar refractivity (Wildman–Crippen MR) is 90.2 cm³/mol. The topological polar surface area (TPSA) is 84.4 Å². The standard InChI is InChI=1S/C16H24N4O3S/c1-12-3-6-15(19-18-12)17-13-9-16(23-10-13)7-2-8-20(11-16)24(21,22)14-4-5-14/h3,6,13-14H,2,4-5,7-11H2,1H3,(H,17,19). The number of hydrogen-bond acceptors (Lipinski definition) is 6. The summed E-state index contributed by atoms with van der Waals surface area (Å²) in [6.07, 6.45) is 4.20. The molecule has 2 unspecified atom stereocenters. The summed E-state index contributed by atoms with van der Waals surface area (Å²) in [7, 11) is -3.12. The second kappa shape index (κ2) is 5.93. The van der Waals surface area contributed by atoms with Crippen LogP contribution in [-0.2, 0) is 14.8 Å². The van der Waals surface area contributed by atoms with Crippen LogP contribution in [-0.4, -0.2) is 59.5 Å². The van der Waals surface area contributed by atoms with Gasteiger partial charge in [-0.2, -0.15) is 9.40 Å². The first kappa shape index (κ1) is 16.2. The van der Waals surface area contributed by atoms with Gasteiger partial charge in [-0.05, 0) is 44.7 Å². The largest absolute Gasteiger partial charge is 0.371 e. The van der Waals surface area contributed by atoms with E-state index < -0.39 is 10.0 Å². The number of aryl methyl sites for hydroxylation is 1. The molecule has 24 heavy (non-hydrogen) atoms. The van der Waals surface area contributed by atoms with E-state index in [0.29, 0.717) is 19.7 Å². The molecule has 2 aliphatic heterocycles. The molecule has 1 spiro atoms. The van der Waals surface area contributed by atoms with Crippen molar-refractivity contribution in [2.24, 2.45) is 0 Å². The van der Waals surface area contributed by atoms with Crippen molar-refractivity contribution in [2.75, 3.05) is 25.0 Å². The van der Waals surface area contributed by atoms with Gasteiger partial charge in [-0.1, -0.05) is 0 Å². The first-order valence-electron chi connectivity index (χ1n) is 8.67. The summed E-state index contributed by atoms with van der Waals surface area (Å²) in [5.41, 5.74) is 0.531. The van der Waals surface area contributed by atoms with Gasteiger partial charge >= 0.3 is 0 Å². The van der Waals surface area contributed by atoms with Crippen LogP contribution in [0.5, 0.6) is 0 Å². The Balaban J connectivity index is 1.42. The Morgan fingerprint density at radius 3 is 2.88 bits per heavy atom. The molecule has 2 atom stereocenters. The monoisotopic (exact) mass is 352 g/mol. The molecule has 0 aromatic carbocycles. The zero-order valence-corrected chi connectivity index (χ0v) is 14.8. The Morgan fingerprint density at radius 1 is 1.33 bits per heavy atom. The highest BCUT2D eigenvalue weighted by molar-refractivity contribution is 7.90. The Hall–Kier alpha value is -1.25. The fraction of sp³-hybridized carbons (Fsp3) is 0.750. The van der Waals surface area contributed by atoms with Crippen LogP contribution in [0.4, 0.5) is 5.82 Å². The lowest BCUT2D eigenvalue weighted by Gasteiger charge is -2.39. The second-order valence-corrected chi connectivity index (χ2v) is 9.49. The fourth-order valence-electron chi connectivity index (χ4n) is 3.76. The minimum atomic E-state index is -3.12. The van der Waals surface area contributed by atoms with Gasteiger partial charge in [0.1, 0.15) is 5.82 Å². The molecule has 3 aliphatic rings. The SMILES string of the molecule is Cc1ccc(NC2COC3(CCCN(S(=O)(=O)C4CC4)C3)C2)nn1. The number of piperidine rings is 1. The van der Waals surface area contributed by atoms with E-state index in [1.807, 2.05) is 19.1 Å². The molecular formula is C16H24N4O3S. The van der Waals surface area contributed by atoms with E-state index in [-0.39, 0.29) is 16.9 Å². The van der Waals surface area contributed by atoms with E-state index in [2.05, 4.69) is 15.5 Å². The molecule has 8 heteroatoms. The Morgan fingerprint density at radius 2 is 2.17 bits per heavy atom. The Labute approximate surface area is 142 Å². The third-order valence-corrected chi connectivity index (χ3v) is 7.51. The first-order chi connectivity index (χ1) is 11.5. The quantitative estimate of drug-likeness (QED) is 0.880. The maximum absolute atomic E-state index is 12.5. The summed E-state index contributed by atoms with van der Waals surface area (Å²) in [5.74, 6) is 0.740. The van der Waals surface area contributed by atoms with Crippen molar-refractivity contribution in [2.45, 2.75) is 55.9 Å². The first-order valence-corrected chi connectivity index (χ1v) is 10.2. The van der Waals surface area contributed by atoms with Crippen LogP contribution in [0.3, 0.4) is 0 Å². The number of hydrogen-bond donors (Lipinski definition) is 1. The average Bonchev–Trinajstić information content (AvgIpc) is 3.36. The van der Waals surface area contributed by atoms with E-state index in [9.17, 15) is 8.42 Å². The van der Waals surface area contributed by atoms with Crippen molar-refractivity contribution in [3.8, 4) is 0 Å². The summed E-state index contributed by atoms with van der Waals surface area (Å²) in [4.78, 5) is 0. The maximum Gasteiger partial charge on any atom is 0.217 e. The summed E-state index contributed by atoms with van der Waals surface area (Å²) in [5, 5.41) is 11.4. The summed E-state index contributed by atoms with van der Waals surface area (Å²) in [6.45, 7) is 3.60. The number of nitrogens with zero attached hydrogens (tertiary/aromatic N) is 3. The van der Waals surface area contributed by atoms with E-state index >= 15 is 0 Å². The number of anilines is 1. The minimum Gasteiger partial charge on any atom is -0.371 e. The van der Waals surface area contributed by atoms with E-state index in [4.69, 9.17) is 4.74 Å². The van der Waals surface area contributed by atoms with Gasteiger partial charge in [-0.3, -0.25) is 0 Å². The normalized spacial score (nSPS) is 31.5. The fourth-order valence-corrected chi connectivity index (χ4v) is 5.71. The van der Waals surface area contributed by atoms with Crippen LogP contribution in [0.2, 0.25) is 0 Å². The highest BCUT2D eigenvalue weighted by Gasteiger charge is 2.49. The lowest BCUT2D eigenvalue weighted by atomic mass is 9.90. The summed E-state index contributed by atoms with van der Waals surface area (Å²) in [6, 6.07) is 3.98. The van der Waals surface area contributed by atoms with Crippen molar-refractivity contribution in [1.29, 1.82) is 0 Å². The van der Waals surface area contributed by atoms with Crippen LogP contribution in [0, 0.1) is 6.92 Å². The molecule has 7 nitrogen and oxygen atoms in total. The lowest BCUT2D eigenvalue weighted by molar-refractivity contribution is -0.0329. The average molecular weight is 352 g/mol. The molecule has 2 saturated heterocycles. The molecule has 1 aliphatic carbocycles. The van der Waals surface area contributed by atoms with E-state index in [0.717, 1.165) is 43.6 Å². The van der Waals surface area contributed by atoms with Crippen molar-refractivity contribution >= 4 is 15.8 Å². The number of ether oxygens (including phenoxy) is 1.